The first-order chi connectivity index (χ1) is 6.10. The summed E-state index contributed by atoms with van der Waals surface area (Å²) < 4.78 is 0.467. The Balaban J connectivity index is 3.81. The second kappa shape index (κ2) is 6.72. The molecule has 80 valence electrons. The zero-order valence-corrected chi connectivity index (χ0v) is 10.6. The fraction of sp³-hybridized carbons (Fsp3) is 1.00. The molecule has 0 rings (SSSR count). The van der Waals surface area contributed by atoms with Gasteiger partial charge in [0.2, 0.25) is 0 Å². The van der Waals surface area contributed by atoms with E-state index >= 15 is 0 Å². The number of nitrogens with one attached hydrogen (secondary N) is 1. The molecule has 0 saturated heterocycles. The molecule has 1 N–H and O–H groups in total. The second-order valence-electron chi connectivity index (χ2n) is 4.12. The fourth-order valence-electron chi connectivity index (χ4n) is 1.45. The summed E-state index contributed by atoms with van der Waals surface area (Å²) in [5.74, 6) is 0.758. The minimum atomic E-state index is 0.467. The maximum atomic E-state index is 3.56. The topological polar surface area (TPSA) is 12.0 Å². The maximum absolute atomic E-state index is 3.56. The molecule has 0 spiro atoms. The molecule has 2 heteroatoms. The van der Waals surface area contributed by atoms with Crippen LogP contribution < -0.4 is 5.32 Å². The summed E-state index contributed by atoms with van der Waals surface area (Å²) in [5, 5.41) is 3.56. The normalized spacial score (nSPS) is 12.5. The van der Waals surface area contributed by atoms with Crippen LogP contribution >= 0.6 is 11.8 Å². The van der Waals surface area contributed by atoms with E-state index in [0.29, 0.717) is 4.75 Å². The van der Waals surface area contributed by atoms with Crippen molar-refractivity contribution in [2.45, 2.75) is 45.3 Å². The van der Waals surface area contributed by atoms with Crippen molar-refractivity contribution < 1.29 is 0 Å². The van der Waals surface area contributed by atoms with Gasteiger partial charge in [-0.05, 0) is 31.6 Å². The van der Waals surface area contributed by atoms with E-state index in [4.69, 9.17) is 0 Å². The second-order valence-corrected chi connectivity index (χ2v) is 5.39. The first kappa shape index (κ1) is 13.3. The fourth-order valence-corrected chi connectivity index (χ4v) is 2.27. The number of hydrogen-bond acceptors (Lipinski definition) is 2. The number of thioether (sulfide) groups is 1. The quantitative estimate of drug-likeness (QED) is 0.682. The van der Waals surface area contributed by atoms with Crippen LogP contribution in [0.5, 0.6) is 0 Å². The van der Waals surface area contributed by atoms with Gasteiger partial charge in [0.15, 0.2) is 0 Å². The highest BCUT2D eigenvalue weighted by Crippen LogP contribution is 2.29. The third-order valence-electron chi connectivity index (χ3n) is 2.72. The van der Waals surface area contributed by atoms with Gasteiger partial charge < -0.3 is 5.32 Å². The van der Waals surface area contributed by atoms with E-state index in [9.17, 15) is 0 Å². The van der Waals surface area contributed by atoms with Crippen molar-refractivity contribution in [3.63, 3.8) is 0 Å². The monoisotopic (exact) mass is 203 g/mol. The highest BCUT2D eigenvalue weighted by molar-refractivity contribution is 8.00. The van der Waals surface area contributed by atoms with E-state index in [1.165, 1.54) is 12.8 Å². The number of hydrogen-bond donors (Lipinski definition) is 1. The molecule has 0 atom stereocenters. The lowest BCUT2D eigenvalue weighted by atomic mass is 10.0. The maximum Gasteiger partial charge on any atom is 0.0276 e. The average Bonchev–Trinajstić information content (AvgIpc) is 2.13. The largest absolute Gasteiger partial charge is 0.315 e. The molecule has 0 aromatic heterocycles. The van der Waals surface area contributed by atoms with Crippen LogP contribution in [0.3, 0.4) is 0 Å². The Morgan fingerprint density at radius 2 is 1.77 bits per heavy atom. The van der Waals surface area contributed by atoms with Crippen LogP contribution in [-0.4, -0.2) is 24.1 Å². The minimum absolute atomic E-state index is 0.467. The average molecular weight is 203 g/mol. The van der Waals surface area contributed by atoms with Crippen molar-refractivity contribution >= 4 is 11.8 Å². The van der Waals surface area contributed by atoms with Gasteiger partial charge in [0.25, 0.3) is 0 Å². The third kappa shape index (κ3) is 4.92. The summed E-state index contributed by atoms with van der Waals surface area (Å²) in [6, 6.07) is 0. The lowest BCUT2D eigenvalue weighted by molar-refractivity contribution is 0.465. The van der Waals surface area contributed by atoms with Crippen molar-refractivity contribution in [2.24, 2.45) is 5.92 Å². The molecule has 0 saturated carbocycles. The lowest BCUT2D eigenvalue weighted by Gasteiger charge is -2.30. The van der Waals surface area contributed by atoms with Gasteiger partial charge in [0, 0.05) is 11.3 Å². The zero-order chi connectivity index (χ0) is 10.3. The van der Waals surface area contributed by atoms with E-state index in [1.807, 2.05) is 11.8 Å². The minimum Gasteiger partial charge on any atom is -0.315 e. The molecule has 0 amide bonds. The van der Waals surface area contributed by atoms with Crippen LogP contribution in [0, 0.1) is 5.92 Å². The van der Waals surface area contributed by atoms with Crippen molar-refractivity contribution in [3.8, 4) is 0 Å². The Bertz CT molecular complexity index is 111. The third-order valence-corrected chi connectivity index (χ3v) is 4.31. The van der Waals surface area contributed by atoms with Crippen molar-refractivity contribution in [2.75, 3.05) is 19.3 Å². The van der Waals surface area contributed by atoms with E-state index in [0.717, 1.165) is 19.0 Å². The Kier molecular flexibility index (Phi) is 6.88. The molecule has 0 aromatic carbocycles. The van der Waals surface area contributed by atoms with E-state index in [2.05, 4.69) is 39.3 Å². The van der Waals surface area contributed by atoms with Crippen LogP contribution in [0.1, 0.15) is 40.5 Å². The summed E-state index contributed by atoms with van der Waals surface area (Å²) in [4.78, 5) is 0. The molecule has 0 fully saturated rings. The van der Waals surface area contributed by atoms with Crippen LogP contribution in [0.25, 0.3) is 0 Å². The molecule has 0 aliphatic carbocycles. The Labute approximate surface area is 88.1 Å². The summed E-state index contributed by atoms with van der Waals surface area (Å²) >= 11 is 2.01. The van der Waals surface area contributed by atoms with E-state index in [-0.39, 0.29) is 0 Å². The van der Waals surface area contributed by atoms with Crippen molar-refractivity contribution in [1.29, 1.82) is 0 Å². The van der Waals surface area contributed by atoms with Crippen LogP contribution in [0.15, 0.2) is 0 Å². The van der Waals surface area contributed by atoms with Gasteiger partial charge in [-0.1, -0.05) is 27.7 Å². The van der Waals surface area contributed by atoms with Gasteiger partial charge in [-0.3, -0.25) is 0 Å². The molecule has 0 radical (unpaired) electrons. The highest BCUT2D eigenvalue weighted by Gasteiger charge is 2.23. The van der Waals surface area contributed by atoms with Crippen molar-refractivity contribution in [3.05, 3.63) is 0 Å². The molecule has 0 aromatic rings. The molecule has 0 bridgehead atoms. The smallest absolute Gasteiger partial charge is 0.0276 e. The Morgan fingerprint density at radius 3 is 2.08 bits per heavy atom. The van der Waals surface area contributed by atoms with Crippen LogP contribution in [0.4, 0.5) is 0 Å². The SMILES string of the molecule is CCC(CC)(CNCC(C)C)SC. The molecule has 0 aliphatic heterocycles. The molecule has 0 heterocycles. The Hall–Kier alpha value is 0.310. The van der Waals surface area contributed by atoms with Crippen molar-refractivity contribution in [1.82, 2.24) is 5.32 Å². The lowest BCUT2D eigenvalue weighted by Crippen LogP contribution is -2.38. The first-order valence-corrected chi connectivity index (χ1v) is 6.58. The van der Waals surface area contributed by atoms with Gasteiger partial charge in [0.1, 0.15) is 0 Å². The first-order valence-electron chi connectivity index (χ1n) is 5.36. The van der Waals surface area contributed by atoms with Gasteiger partial charge >= 0.3 is 0 Å². The standard InChI is InChI=1S/C11H25NS/c1-6-11(7-2,13-5)9-12-8-10(3)4/h10,12H,6-9H2,1-5H3. The number of rotatable bonds is 7. The summed E-state index contributed by atoms with van der Waals surface area (Å²) in [5.41, 5.74) is 0. The van der Waals surface area contributed by atoms with Gasteiger partial charge in [0.05, 0.1) is 0 Å². The molecule has 0 unspecified atom stereocenters. The zero-order valence-electron chi connectivity index (χ0n) is 9.81. The summed E-state index contributed by atoms with van der Waals surface area (Å²) in [6.07, 6.45) is 4.75. The van der Waals surface area contributed by atoms with Crippen LogP contribution in [-0.2, 0) is 0 Å². The van der Waals surface area contributed by atoms with Gasteiger partial charge in [-0.15, -0.1) is 0 Å². The Morgan fingerprint density at radius 1 is 1.23 bits per heavy atom. The molecular weight excluding hydrogens is 178 g/mol. The van der Waals surface area contributed by atoms with Gasteiger partial charge in [-0.2, -0.15) is 11.8 Å². The molecule has 1 nitrogen and oxygen atoms in total. The molecule has 0 aliphatic rings. The van der Waals surface area contributed by atoms with Crippen LogP contribution in [0.2, 0.25) is 0 Å². The summed E-state index contributed by atoms with van der Waals surface area (Å²) in [7, 11) is 0. The van der Waals surface area contributed by atoms with Gasteiger partial charge in [-0.25, -0.2) is 0 Å². The van der Waals surface area contributed by atoms with E-state index in [1.54, 1.807) is 0 Å². The summed E-state index contributed by atoms with van der Waals surface area (Å²) in [6.45, 7) is 11.4. The highest BCUT2D eigenvalue weighted by atomic mass is 32.2. The molecular formula is C11H25NS. The molecule has 13 heavy (non-hydrogen) atoms. The van der Waals surface area contributed by atoms with E-state index < -0.39 is 0 Å². The predicted octanol–water partition coefficient (Wildman–Crippen LogP) is 3.15. The predicted molar refractivity (Wildman–Crippen MR) is 64.5 cm³/mol.